The number of oxime groups is 1. The van der Waals surface area contributed by atoms with Crippen molar-refractivity contribution < 1.29 is 13.6 Å². The van der Waals surface area contributed by atoms with Gasteiger partial charge in [0.05, 0.1) is 5.69 Å². The van der Waals surface area contributed by atoms with Crippen LogP contribution in [-0.4, -0.2) is 19.5 Å². The van der Waals surface area contributed by atoms with Crippen molar-refractivity contribution in [3.8, 4) is 0 Å². The lowest BCUT2D eigenvalue weighted by Crippen LogP contribution is -2.19. The van der Waals surface area contributed by atoms with Crippen molar-refractivity contribution in [1.29, 1.82) is 0 Å². The van der Waals surface area contributed by atoms with Crippen molar-refractivity contribution in [2.24, 2.45) is 10.9 Å². The molecule has 4 N–H and O–H groups in total. The van der Waals surface area contributed by atoms with E-state index in [0.29, 0.717) is 10.0 Å². The summed E-state index contributed by atoms with van der Waals surface area (Å²) in [5.41, 5.74) is 6.06. The van der Waals surface area contributed by atoms with Gasteiger partial charge in [0, 0.05) is 10.0 Å². The van der Waals surface area contributed by atoms with E-state index < -0.39 is 10.0 Å². The van der Waals surface area contributed by atoms with Crippen molar-refractivity contribution >= 4 is 48.8 Å². The zero-order valence-electron chi connectivity index (χ0n) is 9.95. The Hall–Kier alpha value is -1.58. The summed E-state index contributed by atoms with van der Waals surface area (Å²) >= 11 is 4.27. The second-order valence-corrected chi connectivity index (χ2v) is 7.34. The molecule has 0 aliphatic carbocycles. The molecule has 0 aliphatic heterocycles. The quantitative estimate of drug-likeness (QED) is 0.330. The molecule has 0 saturated heterocycles. The SMILES string of the molecule is NC(=NO)c1ccccc1NS(=O)(=O)c1sccc1Br. The molecular formula is C11H10BrN3O3S2. The number of hydrogen-bond donors (Lipinski definition) is 3. The molecule has 6 nitrogen and oxygen atoms in total. The molecule has 106 valence electrons. The number of hydrogen-bond acceptors (Lipinski definition) is 5. The Morgan fingerprint density at radius 1 is 1.35 bits per heavy atom. The summed E-state index contributed by atoms with van der Waals surface area (Å²) in [7, 11) is -3.74. The molecule has 1 aromatic carbocycles. The van der Waals surface area contributed by atoms with Crippen molar-refractivity contribution in [3.63, 3.8) is 0 Å². The van der Waals surface area contributed by atoms with Gasteiger partial charge in [-0.1, -0.05) is 17.3 Å². The summed E-state index contributed by atoms with van der Waals surface area (Å²) in [6.45, 7) is 0. The number of nitrogens with one attached hydrogen (secondary N) is 1. The number of sulfonamides is 1. The van der Waals surface area contributed by atoms with Gasteiger partial charge in [-0.25, -0.2) is 8.42 Å². The maximum Gasteiger partial charge on any atom is 0.272 e. The van der Waals surface area contributed by atoms with Crippen molar-refractivity contribution in [1.82, 2.24) is 0 Å². The lowest BCUT2D eigenvalue weighted by Gasteiger charge is -2.11. The van der Waals surface area contributed by atoms with Crippen molar-refractivity contribution in [3.05, 3.63) is 45.7 Å². The first-order valence-electron chi connectivity index (χ1n) is 5.28. The minimum atomic E-state index is -3.74. The number of halogens is 1. The average Bonchev–Trinajstić information content (AvgIpc) is 2.85. The van der Waals surface area contributed by atoms with E-state index in [-0.39, 0.29) is 15.7 Å². The average molecular weight is 376 g/mol. The highest BCUT2D eigenvalue weighted by atomic mass is 79.9. The van der Waals surface area contributed by atoms with Crippen LogP contribution in [0.1, 0.15) is 5.56 Å². The van der Waals surface area contributed by atoms with E-state index in [0.717, 1.165) is 11.3 Å². The third-order valence-electron chi connectivity index (χ3n) is 2.38. The van der Waals surface area contributed by atoms with Gasteiger partial charge in [0.1, 0.15) is 0 Å². The second-order valence-electron chi connectivity index (χ2n) is 3.69. The second kappa shape index (κ2) is 5.81. The first kappa shape index (κ1) is 14.8. The van der Waals surface area contributed by atoms with Crippen LogP contribution >= 0.6 is 27.3 Å². The third-order valence-corrected chi connectivity index (χ3v) is 6.42. The molecule has 2 aromatic rings. The van der Waals surface area contributed by atoms with Gasteiger partial charge >= 0.3 is 0 Å². The Bertz CT molecular complexity index is 756. The van der Waals surface area contributed by atoms with E-state index in [2.05, 4.69) is 25.8 Å². The van der Waals surface area contributed by atoms with Gasteiger partial charge in [0.25, 0.3) is 10.0 Å². The molecule has 0 radical (unpaired) electrons. The van der Waals surface area contributed by atoms with Crippen LogP contribution in [0.15, 0.2) is 49.5 Å². The highest BCUT2D eigenvalue weighted by Crippen LogP contribution is 2.29. The smallest absolute Gasteiger partial charge is 0.272 e. The normalized spacial score (nSPS) is 12.3. The van der Waals surface area contributed by atoms with E-state index in [4.69, 9.17) is 10.9 Å². The van der Waals surface area contributed by atoms with Gasteiger partial charge in [0.15, 0.2) is 10.0 Å². The lowest BCUT2D eigenvalue weighted by molar-refractivity contribution is 0.318. The van der Waals surface area contributed by atoms with Crippen LogP contribution in [0.5, 0.6) is 0 Å². The topological polar surface area (TPSA) is 105 Å². The Labute approximate surface area is 128 Å². The van der Waals surface area contributed by atoms with Crippen LogP contribution in [0.4, 0.5) is 5.69 Å². The molecule has 20 heavy (non-hydrogen) atoms. The number of amidine groups is 1. The molecule has 0 aliphatic rings. The fourth-order valence-electron chi connectivity index (χ4n) is 1.51. The number of para-hydroxylation sites is 1. The summed E-state index contributed by atoms with van der Waals surface area (Å²) < 4.78 is 27.6. The summed E-state index contributed by atoms with van der Waals surface area (Å²) in [4.78, 5) is 0. The number of benzene rings is 1. The molecule has 0 saturated carbocycles. The molecule has 9 heteroatoms. The molecule has 0 amide bonds. The van der Waals surface area contributed by atoms with Crippen LogP contribution in [0.25, 0.3) is 0 Å². The van der Waals surface area contributed by atoms with Gasteiger partial charge in [-0.2, -0.15) is 0 Å². The molecule has 0 unspecified atom stereocenters. The molecular weight excluding hydrogens is 366 g/mol. The summed E-state index contributed by atoms with van der Waals surface area (Å²) in [6, 6.07) is 8.04. The van der Waals surface area contributed by atoms with Gasteiger partial charge in [-0.05, 0) is 39.5 Å². The molecule has 0 atom stereocenters. The predicted octanol–water partition coefficient (Wildman–Crippen LogP) is 2.41. The van der Waals surface area contributed by atoms with Crippen LogP contribution in [0, 0.1) is 0 Å². The van der Waals surface area contributed by atoms with E-state index in [1.165, 1.54) is 6.07 Å². The zero-order valence-corrected chi connectivity index (χ0v) is 13.2. The number of nitrogens with two attached hydrogens (primary N) is 1. The van der Waals surface area contributed by atoms with Crippen molar-refractivity contribution in [2.75, 3.05) is 4.72 Å². The van der Waals surface area contributed by atoms with E-state index in [9.17, 15) is 8.42 Å². The van der Waals surface area contributed by atoms with E-state index in [1.807, 2.05) is 0 Å². The van der Waals surface area contributed by atoms with Gasteiger partial charge in [-0.15, -0.1) is 11.3 Å². The minimum Gasteiger partial charge on any atom is -0.409 e. The first-order chi connectivity index (χ1) is 9.45. The fourth-order valence-corrected chi connectivity index (χ4v) is 4.93. The Morgan fingerprint density at radius 3 is 2.65 bits per heavy atom. The molecule has 1 aromatic heterocycles. The van der Waals surface area contributed by atoms with Crippen molar-refractivity contribution in [2.45, 2.75) is 4.21 Å². The van der Waals surface area contributed by atoms with Crippen LogP contribution in [-0.2, 0) is 10.0 Å². The Balaban J connectivity index is 2.43. The van der Waals surface area contributed by atoms with Gasteiger partial charge in [0.2, 0.25) is 0 Å². The maximum absolute atomic E-state index is 12.3. The number of anilines is 1. The van der Waals surface area contributed by atoms with Crippen LogP contribution in [0.3, 0.4) is 0 Å². The minimum absolute atomic E-state index is 0.159. The standard InChI is InChI=1S/C11H10BrN3O3S2/c12-8-5-6-19-11(8)20(17,18)15-9-4-2-1-3-7(9)10(13)14-16/h1-6,15-16H,(H2,13,14). The van der Waals surface area contributed by atoms with E-state index in [1.54, 1.807) is 29.6 Å². The summed E-state index contributed by atoms with van der Waals surface area (Å²) in [6.07, 6.45) is 0. The number of thiophene rings is 1. The lowest BCUT2D eigenvalue weighted by atomic mass is 10.2. The van der Waals surface area contributed by atoms with E-state index >= 15 is 0 Å². The first-order valence-corrected chi connectivity index (χ1v) is 8.44. The number of nitrogens with zero attached hydrogens (tertiary/aromatic N) is 1. The molecule has 2 rings (SSSR count). The molecule has 0 fully saturated rings. The number of rotatable bonds is 4. The molecule has 0 spiro atoms. The monoisotopic (exact) mass is 375 g/mol. The molecule has 1 heterocycles. The van der Waals surface area contributed by atoms with Gasteiger partial charge in [-0.3, -0.25) is 4.72 Å². The zero-order chi connectivity index (χ0) is 14.8. The fraction of sp³-hybridized carbons (Fsp3) is 0. The van der Waals surface area contributed by atoms with Gasteiger partial charge < -0.3 is 10.9 Å². The van der Waals surface area contributed by atoms with Crippen LogP contribution < -0.4 is 10.5 Å². The Morgan fingerprint density at radius 2 is 2.05 bits per heavy atom. The highest BCUT2D eigenvalue weighted by molar-refractivity contribution is 9.10. The maximum atomic E-state index is 12.3. The highest BCUT2D eigenvalue weighted by Gasteiger charge is 2.21. The Kier molecular flexibility index (Phi) is 4.31. The van der Waals surface area contributed by atoms with Crippen LogP contribution in [0.2, 0.25) is 0 Å². The summed E-state index contributed by atoms with van der Waals surface area (Å²) in [5.74, 6) is -0.173. The third kappa shape index (κ3) is 2.94. The largest absolute Gasteiger partial charge is 0.409 e. The summed E-state index contributed by atoms with van der Waals surface area (Å²) in [5, 5.41) is 13.3. The molecule has 0 bridgehead atoms. The predicted molar refractivity (Wildman–Crippen MR) is 81.8 cm³/mol.